The van der Waals surface area contributed by atoms with Gasteiger partial charge in [-0.05, 0) is 20.8 Å². The van der Waals surface area contributed by atoms with Crippen molar-refractivity contribution >= 4 is 10.0 Å². The second-order valence-electron chi connectivity index (χ2n) is 3.53. The maximum absolute atomic E-state index is 11.5. The molecule has 0 aromatic carbocycles. The lowest BCUT2D eigenvalue weighted by atomic mass is 10.3. The van der Waals surface area contributed by atoms with E-state index in [-0.39, 0.29) is 0 Å². The predicted molar refractivity (Wildman–Crippen MR) is 47.0 cm³/mol. The number of hydrogen-bond donors (Lipinski definition) is 0. The first-order valence-electron chi connectivity index (χ1n) is 3.69. The lowest BCUT2D eigenvalue weighted by Gasteiger charge is -2.25. The molecule has 0 unspecified atom stereocenters. The molecule has 11 heavy (non-hydrogen) atoms. The summed E-state index contributed by atoms with van der Waals surface area (Å²) in [6.07, 6.45) is 0. The highest BCUT2D eigenvalue weighted by Crippen LogP contribution is 2.17. The first-order valence-corrected chi connectivity index (χ1v) is 5.13. The Bertz CT molecular complexity index is 213. The average molecular weight is 179 g/mol. The van der Waals surface area contributed by atoms with Crippen LogP contribution in [0.25, 0.3) is 0 Å². The number of hydrogen-bond acceptors (Lipinski definition) is 2. The van der Waals surface area contributed by atoms with Crippen molar-refractivity contribution in [2.45, 2.75) is 32.4 Å². The standard InChI is InChI=1S/C7H17NO2S/c1-6-8(5)11(9,10)7(2,3)4/h6H2,1-5H3. The van der Waals surface area contributed by atoms with Crippen LogP contribution < -0.4 is 0 Å². The number of sulfonamides is 1. The topological polar surface area (TPSA) is 37.4 Å². The molecule has 68 valence electrons. The third-order valence-corrected chi connectivity index (χ3v) is 4.26. The molecule has 0 aliphatic carbocycles. The third kappa shape index (κ3) is 2.17. The minimum Gasteiger partial charge on any atom is -0.212 e. The van der Waals surface area contributed by atoms with Crippen LogP contribution in [0.5, 0.6) is 0 Å². The van der Waals surface area contributed by atoms with Crippen LogP contribution in [0.2, 0.25) is 0 Å². The zero-order valence-electron chi connectivity index (χ0n) is 7.88. The summed E-state index contributed by atoms with van der Waals surface area (Å²) < 4.78 is 23.7. The fraction of sp³-hybridized carbons (Fsp3) is 1.00. The van der Waals surface area contributed by atoms with Crippen LogP contribution in [0, 0.1) is 0 Å². The fourth-order valence-corrected chi connectivity index (χ4v) is 1.91. The first-order chi connectivity index (χ1) is 4.73. The monoisotopic (exact) mass is 179 g/mol. The van der Waals surface area contributed by atoms with Crippen molar-refractivity contribution in [2.24, 2.45) is 0 Å². The molecule has 0 radical (unpaired) electrons. The van der Waals surface area contributed by atoms with Gasteiger partial charge >= 0.3 is 0 Å². The largest absolute Gasteiger partial charge is 0.218 e. The van der Waals surface area contributed by atoms with Crippen molar-refractivity contribution in [2.75, 3.05) is 13.6 Å². The molecular formula is C7H17NO2S. The third-order valence-electron chi connectivity index (χ3n) is 1.63. The van der Waals surface area contributed by atoms with Gasteiger partial charge in [0, 0.05) is 13.6 Å². The summed E-state index contributed by atoms with van der Waals surface area (Å²) in [6, 6.07) is 0. The lowest BCUT2D eigenvalue weighted by Crippen LogP contribution is -2.40. The quantitative estimate of drug-likeness (QED) is 0.636. The molecule has 0 saturated heterocycles. The zero-order chi connectivity index (χ0) is 9.28. The summed E-state index contributed by atoms with van der Waals surface area (Å²) in [5, 5.41) is 0. The van der Waals surface area contributed by atoms with Gasteiger partial charge in [-0.2, -0.15) is 0 Å². The molecule has 0 rings (SSSR count). The summed E-state index contributed by atoms with van der Waals surface area (Å²) in [5.74, 6) is 0. The molecule has 3 nitrogen and oxygen atoms in total. The Kier molecular flexibility index (Phi) is 3.08. The first kappa shape index (κ1) is 10.9. The van der Waals surface area contributed by atoms with E-state index < -0.39 is 14.8 Å². The Balaban J connectivity index is 4.77. The second kappa shape index (κ2) is 3.11. The molecule has 0 saturated carbocycles. The SMILES string of the molecule is CCN(C)S(=O)(=O)C(C)(C)C. The maximum atomic E-state index is 11.5. The van der Waals surface area contributed by atoms with E-state index >= 15 is 0 Å². The van der Waals surface area contributed by atoms with Crippen LogP contribution in [0.1, 0.15) is 27.7 Å². The van der Waals surface area contributed by atoms with E-state index in [1.165, 1.54) is 4.31 Å². The van der Waals surface area contributed by atoms with Gasteiger partial charge in [-0.15, -0.1) is 0 Å². The maximum Gasteiger partial charge on any atom is 0.218 e. The second-order valence-corrected chi connectivity index (χ2v) is 6.33. The molecule has 0 spiro atoms. The van der Waals surface area contributed by atoms with Gasteiger partial charge in [-0.3, -0.25) is 0 Å². The van der Waals surface area contributed by atoms with Crippen molar-refractivity contribution in [3.63, 3.8) is 0 Å². The summed E-state index contributed by atoms with van der Waals surface area (Å²) in [4.78, 5) is 0. The Morgan fingerprint density at radius 2 is 1.64 bits per heavy atom. The van der Waals surface area contributed by atoms with Crippen LogP contribution in [0.4, 0.5) is 0 Å². The molecule has 4 heteroatoms. The predicted octanol–water partition coefficient (Wildman–Crippen LogP) is 1.07. The molecule has 0 aliphatic heterocycles. The van der Waals surface area contributed by atoms with Crippen molar-refractivity contribution < 1.29 is 8.42 Å². The van der Waals surface area contributed by atoms with Crippen LogP contribution in [-0.2, 0) is 10.0 Å². The van der Waals surface area contributed by atoms with Gasteiger partial charge in [-0.25, -0.2) is 12.7 Å². The van der Waals surface area contributed by atoms with E-state index in [4.69, 9.17) is 0 Å². The molecule has 0 aromatic heterocycles. The van der Waals surface area contributed by atoms with Crippen molar-refractivity contribution in [3.8, 4) is 0 Å². The average Bonchev–Trinajstić information content (AvgIpc) is 1.83. The molecular weight excluding hydrogens is 162 g/mol. The Labute approximate surface area is 69.4 Å². The minimum absolute atomic E-state index is 0.527. The van der Waals surface area contributed by atoms with Gasteiger partial charge < -0.3 is 0 Å². The van der Waals surface area contributed by atoms with E-state index in [9.17, 15) is 8.42 Å². The van der Waals surface area contributed by atoms with E-state index in [0.717, 1.165) is 0 Å². The summed E-state index contributed by atoms with van der Waals surface area (Å²) in [6.45, 7) is 7.46. The van der Waals surface area contributed by atoms with Gasteiger partial charge in [0.1, 0.15) is 0 Å². The minimum atomic E-state index is -3.09. The van der Waals surface area contributed by atoms with E-state index in [0.29, 0.717) is 6.54 Å². The Hall–Kier alpha value is -0.0900. The molecule has 0 atom stereocenters. The van der Waals surface area contributed by atoms with Gasteiger partial charge in [-0.1, -0.05) is 6.92 Å². The molecule has 0 N–H and O–H groups in total. The zero-order valence-corrected chi connectivity index (χ0v) is 8.70. The highest BCUT2D eigenvalue weighted by molar-refractivity contribution is 7.90. The highest BCUT2D eigenvalue weighted by Gasteiger charge is 2.31. The van der Waals surface area contributed by atoms with Crippen molar-refractivity contribution in [1.82, 2.24) is 4.31 Å². The smallest absolute Gasteiger partial charge is 0.212 e. The molecule has 0 fully saturated rings. The molecule has 0 bridgehead atoms. The Morgan fingerprint density at radius 3 is 1.73 bits per heavy atom. The summed E-state index contributed by atoms with van der Waals surface area (Å²) in [7, 11) is -1.50. The Morgan fingerprint density at radius 1 is 1.27 bits per heavy atom. The van der Waals surface area contributed by atoms with E-state index in [1.807, 2.05) is 6.92 Å². The summed E-state index contributed by atoms with van der Waals surface area (Å²) >= 11 is 0. The lowest BCUT2D eigenvalue weighted by molar-refractivity contribution is 0.458. The summed E-state index contributed by atoms with van der Waals surface area (Å²) in [5.41, 5.74) is 0. The van der Waals surface area contributed by atoms with Crippen LogP contribution in [-0.4, -0.2) is 31.1 Å². The van der Waals surface area contributed by atoms with E-state index in [2.05, 4.69) is 0 Å². The van der Waals surface area contributed by atoms with Gasteiger partial charge in [0.05, 0.1) is 4.75 Å². The van der Waals surface area contributed by atoms with Crippen LogP contribution >= 0.6 is 0 Å². The normalized spacial score (nSPS) is 14.0. The molecule has 0 amide bonds. The number of rotatable bonds is 2. The molecule has 0 heterocycles. The molecule has 0 aliphatic rings. The van der Waals surface area contributed by atoms with Gasteiger partial charge in [0.2, 0.25) is 10.0 Å². The number of nitrogens with zero attached hydrogens (tertiary/aromatic N) is 1. The van der Waals surface area contributed by atoms with Crippen molar-refractivity contribution in [3.05, 3.63) is 0 Å². The molecule has 0 aromatic rings. The fourth-order valence-electron chi connectivity index (χ4n) is 0.637. The van der Waals surface area contributed by atoms with Crippen LogP contribution in [0.3, 0.4) is 0 Å². The van der Waals surface area contributed by atoms with Crippen LogP contribution in [0.15, 0.2) is 0 Å². The van der Waals surface area contributed by atoms with E-state index in [1.54, 1.807) is 27.8 Å². The van der Waals surface area contributed by atoms with Crippen molar-refractivity contribution in [1.29, 1.82) is 0 Å². The highest BCUT2D eigenvalue weighted by atomic mass is 32.2. The van der Waals surface area contributed by atoms with Gasteiger partial charge in [0.25, 0.3) is 0 Å². The van der Waals surface area contributed by atoms with Gasteiger partial charge in [0.15, 0.2) is 0 Å².